The lowest BCUT2D eigenvalue weighted by Crippen LogP contribution is -2.42. The van der Waals surface area contributed by atoms with Crippen molar-refractivity contribution in [2.45, 2.75) is 30.8 Å². The molecule has 0 aliphatic carbocycles. The van der Waals surface area contributed by atoms with Crippen molar-refractivity contribution in [2.24, 2.45) is 0 Å². The predicted molar refractivity (Wildman–Crippen MR) is 125 cm³/mol. The van der Waals surface area contributed by atoms with Crippen LogP contribution >= 0.6 is 0 Å². The van der Waals surface area contributed by atoms with Crippen LogP contribution < -0.4 is 9.64 Å². The molecule has 9 nitrogen and oxygen atoms in total. The van der Waals surface area contributed by atoms with Gasteiger partial charge in [-0.25, -0.2) is 13.2 Å². The molecule has 0 aromatic heterocycles. The first-order valence-corrected chi connectivity index (χ1v) is 12.6. The molecule has 1 amide bonds. The van der Waals surface area contributed by atoms with E-state index < -0.39 is 22.1 Å². The molecule has 34 heavy (non-hydrogen) atoms. The topological polar surface area (TPSA) is 102 Å². The van der Waals surface area contributed by atoms with Crippen LogP contribution in [-0.4, -0.2) is 70.7 Å². The van der Waals surface area contributed by atoms with Gasteiger partial charge in [-0.15, -0.1) is 0 Å². The zero-order valence-corrected chi connectivity index (χ0v) is 20.0. The Bertz CT molecular complexity index is 1180. The number of nitrogens with zero attached hydrogens (tertiary/aromatic N) is 2. The van der Waals surface area contributed by atoms with Crippen LogP contribution in [0.3, 0.4) is 0 Å². The number of para-hydroxylation sites is 1. The molecule has 0 spiro atoms. The largest absolute Gasteiger partial charge is 0.495 e. The number of aryl methyl sites for hydroxylation is 1. The molecular formula is C24H28N2O7S. The fourth-order valence-electron chi connectivity index (χ4n) is 4.19. The fourth-order valence-corrected chi connectivity index (χ4v) is 5.78. The number of ether oxygens (including phenoxy) is 3. The Morgan fingerprint density at radius 1 is 1.06 bits per heavy atom. The number of hydrogen-bond donors (Lipinski definition) is 0. The molecule has 1 saturated heterocycles. The summed E-state index contributed by atoms with van der Waals surface area (Å²) in [5.41, 5.74) is 1.92. The summed E-state index contributed by atoms with van der Waals surface area (Å²) in [6.07, 6.45) is 0.672. The highest BCUT2D eigenvalue weighted by atomic mass is 32.2. The van der Waals surface area contributed by atoms with Gasteiger partial charge in [0.2, 0.25) is 10.0 Å². The van der Waals surface area contributed by atoms with E-state index in [1.807, 2.05) is 24.3 Å². The van der Waals surface area contributed by atoms with Crippen LogP contribution in [0, 0.1) is 0 Å². The van der Waals surface area contributed by atoms with Gasteiger partial charge in [0.25, 0.3) is 5.91 Å². The number of rotatable bonds is 6. The van der Waals surface area contributed by atoms with E-state index in [4.69, 9.17) is 14.2 Å². The maximum atomic E-state index is 13.2. The second kappa shape index (κ2) is 10.1. The van der Waals surface area contributed by atoms with E-state index in [0.29, 0.717) is 19.8 Å². The van der Waals surface area contributed by atoms with Gasteiger partial charge in [0.15, 0.2) is 6.10 Å². The van der Waals surface area contributed by atoms with Crippen LogP contribution in [0.5, 0.6) is 5.75 Å². The molecule has 1 unspecified atom stereocenters. The van der Waals surface area contributed by atoms with E-state index in [9.17, 15) is 18.0 Å². The standard InChI is InChI=1S/C24H28N2O7S/c1-17(23(27)26-11-5-7-18-6-3-4-8-20(18)26)33-24(28)19-9-10-21(31-2)22(16-19)34(29,30)25-12-14-32-15-13-25/h3-4,6,8-10,16-17H,5,7,11-15H2,1-2H3. The summed E-state index contributed by atoms with van der Waals surface area (Å²) in [7, 11) is -2.55. The molecular weight excluding hydrogens is 460 g/mol. The van der Waals surface area contributed by atoms with Gasteiger partial charge in [-0.1, -0.05) is 18.2 Å². The molecule has 4 rings (SSSR count). The Labute approximate surface area is 199 Å². The third-order valence-corrected chi connectivity index (χ3v) is 7.91. The predicted octanol–water partition coefficient (Wildman–Crippen LogP) is 2.24. The zero-order valence-electron chi connectivity index (χ0n) is 19.2. The smallest absolute Gasteiger partial charge is 0.338 e. The lowest BCUT2D eigenvalue weighted by molar-refractivity contribution is -0.126. The summed E-state index contributed by atoms with van der Waals surface area (Å²) in [4.78, 5) is 27.5. The Morgan fingerprint density at radius 2 is 1.79 bits per heavy atom. The van der Waals surface area contributed by atoms with Gasteiger partial charge in [0.1, 0.15) is 10.6 Å². The first-order valence-electron chi connectivity index (χ1n) is 11.2. The molecule has 10 heteroatoms. The number of hydrogen-bond acceptors (Lipinski definition) is 7. The third-order valence-electron chi connectivity index (χ3n) is 6.00. The molecule has 2 aromatic rings. The van der Waals surface area contributed by atoms with Crippen LogP contribution in [0.15, 0.2) is 47.4 Å². The lowest BCUT2D eigenvalue weighted by Gasteiger charge is -2.31. The molecule has 0 radical (unpaired) electrons. The molecule has 0 N–H and O–H groups in total. The second-order valence-electron chi connectivity index (χ2n) is 8.15. The number of amides is 1. The van der Waals surface area contributed by atoms with Crippen LogP contribution in [0.25, 0.3) is 0 Å². The van der Waals surface area contributed by atoms with Crippen molar-refractivity contribution < 1.29 is 32.2 Å². The number of esters is 1. The van der Waals surface area contributed by atoms with Gasteiger partial charge in [0, 0.05) is 25.3 Å². The molecule has 1 fully saturated rings. The Hall–Kier alpha value is -2.95. The van der Waals surface area contributed by atoms with Gasteiger partial charge in [-0.05, 0) is 49.6 Å². The van der Waals surface area contributed by atoms with Crippen molar-refractivity contribution in [3.05, 3.63) is 53.6 Å². The van der Waals surface area contributed by atoms with Crippen molar-refractivity contribution in [1.29, 1.82) is 0 Å². The maximum absolute atomic E-state index is 13.2. The van der Waals surface area contributed by atoms with E-state index in [2.05, 4.69) is 0 Å². The summed E-state index contributed by atoms with van der Waals surface area (Å²) in [5, 5.41) is 0. The summed E-state index contributed by atoms with van der Waals surface area (Å²) in [6, 6.07) is 11.7. The number of methoxy groups -OCH3 is 1. The molecule has 2 aliphatic rings. The van der Waals surface area contributed by atoms with Crippen molar-refractivity contribution in [1.82, 2.24) is 4.31 Å². The maximum Gasteiger partial charge on any atom is 0.338 e. The molecule has 0 saturated carbocycles. The van der Waals surface area contributed by atoms with E-state index in [0.717, 1.165) is 24.1 Å². The minimum absolute atomic E-state index is 0.0197. The first kappa shape index (κ1) is 24.2. The number of benzene rings is 2. The Morgan fingerprint density at radius 3 is 2.53 bits per heavy atom. The van der Waals surface area contributed by atoms with E-state index >= 15 is 0 Å². The van der Waals surface area contributed by atoms with E-state index in [1.165, 1.54) is 36.5 Å². The number of fused-ring (bicyclic) bond motifs is 1. The number of sulfonamides is 1. The van der Waals surface area contributed by atoms with Gasteiger partial charge in [-0.2, -0.15) is 4.31 Å². The minimum Gasteiger partial charge on any atom is -0.495 e. The van der Waals surface area contributed by atoms with Gasteiger partial charge >= 0.3 is 5.97 Å². The van der Waals surface area contributed by atoms with Crippen molar-refractivity contribution in [2.75, 3.05) is 44.9 Å². The molecule has 2 heterocycles. The molecule has 2 aromatic carbocycles. The average molecular weight is 489 g/mol. The third kappa shape index (κ3) is 4.79. The van der Waals surface area contributed by atoms with Crippen molar-refractivity contribution in [3.63, 3.8) is 0 Å². The fraction of sp³-hybridized carbons (Fsp3) is 0.417. The monoisotopic (exact) mass is 488 g/mol. The first-order chi connectivity index (χ1) is 16.3. The second-order valence-corrected chi connectivity index (χ2v) is 10.1. The Kier molecular flexibility index (Phi) is 7.20. The lowest BCUT2D eigenvalue weighted by atomic mass is 10.0. The summed E-state index contributed by atoms with van der Waals surface area (Å²) in [5.74, 6) is -0.987. The minimum atomic E-state index is -3.91. The summed E-state index contributed by atoms with van der Waals surface area (Å²) in [6.45, 7) is 3.08. The van der Waals surface area contributed by atoms with Crippen LogP contribution in [0.1, 0.15) is 29.3 Å². The Balaban J connectivity index is 1.53. The number of carbonyl (C=O) groups excluding carboxylic acids is 2. The highest BCUT2D eigenvalue weighted by Gasteiger charge is 2.32. The number of carbonyl (C=O) groups is 2. The van der Waals surface area contributed by atoms with Gasteiger partial charge in [0.05, 0.1) is 25.9 Å². The summed E-state index contributed by atoms with van der Waals surface area (Å²) < 4.78 is 43.6. The SMILES string of the molecule is COc1ccc(C(=O)OC(C)C(=O)N2CCCc3ccccc32)cc1S(=O)(=O)N1CCOCC1. The van der Waals surface area contributed by atoms with E-state index in [-0.39, 0.29) is 35.2 Å². The quantitative estimate of drug-likeness (QED) is 0.575. The highest BCUT2D eigenvalue weighted by molar-refractivity contribution is 7.89. The van der Waals surface area contributed by atoms with Crippen molar-refractivity contribution in [3.8, 4) is 5.75 Å². The van der Waals surface area contributed by atoms with Crippen LogP contribution in [-0.2, 0) is 30.7 Å². The van der Waals surface area contributed by atoms with E-state index in [1.54, 1.807) is 4.90 Å². The average Bonchev–Trinajstić information content (AvgIpc) is 2.87. The summed E-state index contributed by atoms with van der Waals surface area (Å²) >= 11 is 0. The zero-order chi connectivity index (χ0) is 24.3. The normalized spacial score (nSPS) is 17.5. The molecule has 182 valence electrons. The van der Waals surface area contributed by atoms with Crippen LogP contribution in [0.4, 0.5) is 5.69 Å². The van der Waals surface area contributed by atoms with Gasteiger partial charge < -0.3 is 19.1 Å². The number of anilines is 1. The van der Waals surface area contributed by atoms with Crippen LogP contribution in [0.2, 0.25) is 0 Å². The van der Waals surface area contributed by atoms with Gasteiger partial charge in [-0.3, -0.25) is 4.79 Å². The van der Waals surface area contributed by atoms with Crippen molar-refractivity contribution >= 4 is 27.6 Å². The molecule has 1 atom stereocenters. The number of morpholine rings is 1. The molecule has 0 bridgehead atoms. The molecule has 2 aliphatic heterocycles. The highest BCUT2D eigenvalue weighted by Crippen LogP contribution is 2.30.